The number of hydrogen-bond acceptors (Lipinski definition) is 4. The summed E-state index contributed by atoms with van der Waals surface area (Å²) in [4.78, 5) is 21.4. The van der Waals surface area contributed by atoms with Crippen LogP contribution in [0.5, 0.6) is 0 Å². The average Bonchev–Trinajstić information content (AvgIpc) is 2.20. The molecule has 0 amide bonds. The molecule has 5 heteroatoms. The number of halogens is 1. The first-order chi connectivity index (χ1) is 6.67. The van der Waals surface area contributed by atoms with Gasteiger partial charge in [-0.1, -0.05) is 22.0 Å². The lowest BCUT2D eigenvalue weighted by Gasteiger charge is -2.02. The summed E-state index contributed by atoms with van der Waals surface area (Å²) in [6, 6.07) is 4.97. The molecule has 1 aromatic rings. The molecule has 74 valence electrons. The van der Waals surface area contributed by atoms with Gasteiger partial charge in [-0.3, -0.25) is 4.79 Å². The number of ether oxygens (including phenoxy) is 1. The first kappa shape index (κ1) is 10.8. The van der Waals surface area contributed by atoms with Crippen molar-refractivity contribution in [2.24, 2.45) is 5.18 Å². The largest absolute Gasteiger partial charge is 0.469 e. The van der Waals surface area contributed by atoms with Gasteiger partial charge in [-0.25, -0.2) is 0 Å². The maximum atomic E-state index is 11.0. The molecule has 0 spiro atoms. The molecular weight excluding hydrogens is 250 g/mol. The Morgan fingerprint density at radius 1 is 1.57 bits per heavy atom. The summed E-state index contributed by atoms with van der Waals surface area (Å²) in [6.07, 6.45) is 0.0604. The topological polar surface area (TPSA) is 55.7 Å². The maximum Gasteiger partial charge on any atom is 0.310 e. The van der Waals surface area contributed by atoms with E-state index in [0.717, 1.165) is 4.47 Å². The van der Waals surface area contributed by atoms with Crippen LogP contribution < -0.4 is 0 Å². The van der Waals surface area contributed by atoms with Crippen LogP contribution in [0.25, 0.3) is 0 Å². The monoisotopic (exact) mass is 257 g/mol. The quantitative estimate of drug-likeness (QED) is 0.618. The second-order valence-electron chi connectivity index (χ2n) is 2.62. The second kappa shape index (κ2) is 4.85. The number of esters is 1. The lowest BCUT2D eigenvalue weighted by Crippen LogP contribution is -2.04. The van der Waals surface area contributed by atoms with Crippen molar-refractivity contribution in [1.82, 2.24) is 0 Å². The molecule has 0 fully saturated rings. The van der Waals surface area contributed by atoms with E-state index in [-0.39, 0.29) is 12.1 Å². The maximum absolute atomic E-state index is 11.0. The first-order valence-corrected chi connectivity index (χ1v) is 4.65. The summed E-state index contributed by atoms with van der Waals surface area (Å²) in [5.74, 6) is -0.391. The number of carbonyl (C=O) groups is 1. The molecule has 0 aromatic heterocycles. The minimum absolute atomic E-state index is 0.0604. The minimum Gasteiger partial charge on any atom is -0.469 e. The van der Waals surface area contributed by atoms with Crippen LogP contribution in [0.4, 0.5) is 5.69 Å². The van der Waals surface area contributed by atoms with Gasteiger partial charge in [0.05, 0.1) is 13.5 Å². The van der Waals surface area contributed by atoms with Crippen LogP contribution in [0, 0.1) is 4.91 Å². The number of rotatable bonds is 3. The zero-order valence-electron chi connectivity index (χ0n) is 7.49. The zero-order chi connectivity index (χ0) is 10.6. The second-order valence-corrected chi connectivity index (χ2v) is 3.53. The Morgan fingerprint density at radius 2 is 2.29 bits per heavy atom. The fraction of sp³-hybridized carbons (Fsp3) is 0.222. The zero-order valence-corrected chi connectivity index (χ0v) is 9.08. The van der Waals surface area contributed by atoms with Crippen molar-refractivity contribution in [3.63, 3.8) is 0 Å². The van der Waals surface area contributed by atoms with Crippen LogP contribution in [0.2, 0.25) is 0 Å². The molecule has 0 saturated carbocycles. The molecule has 0 atom stereocenters. The Kier molecular flexibility index (Phi) is 3.76. The predicted octanol–water partition coefficient (Wildman–Crippen LogP) is 2.56. The third-order valence-electron chi connectivity index (χ3n) is 1.71. The van der Waals surface area contributed by atoms with Crippen LogP contribution in [0.3, 0.4) is 0 Å². The summed E-state index contributed by atoms with van der Waals surface area (Å²) in [7, 11) is 1.30. The van der Waals surface area contributed by atoms with Crippen LogP contribution in [-0.4, -0.2) is 13.1 Å². The number of nitrogens with zero attached hydrogens (tertiary/aromatic N) is 1. The Balaban J connectivity index is 2.96. The van der Waals surface area contributed by atoms with Gasteiger partial charge in [0, 0.05) is 4.47 Å². The highest BCUT2D eigenvalue weighted by molar-refractivity contribution is 9.10. The molecule has 0 unspecified atom stereocenters. The summed E-state index contributed by atoms with van der Waals surface area (Å²) < 4.78 is 5.24. The van der Waals surface area contributed by atoms with Gasteiger partial charge in [-0.15, -0.1) is 4.91 Å². The third-order valence-corrected chi connectivity index (χ3v) is 2.20. The molecule has 4 nitrogen and oxygen atoms in total. The summed E-state index contributed by atoms with van der Waals surface area (Å²) in [5, 5.41) is 2.83. The van der Waals surface area contributed by atoms with Crippen molar-refractivity contribution in [2.75, 3.05) is 7.11 Å². The number of hydrogen-bond donors (Lipinski definition) is 0. The van der Waals surface area contributed by atoms with E-state index in [0.29, 0.717) is 5.56 Å². The van der Waals surface area contributed by atoms with Crippen molar-refractivity contribution in [3.05, 3.63) is 33.1 Å². The molecule has 0 radical (unpaired) electrons. The number of nitroso groups, excluding NO2 is 1. The molecule has 0 aliphatic carbocycles. The van der Waals surface area contributed by atoms with Crippen LogP contribution in [0.15, 0.2) is 27.8 Å². The van der Waals surface area contributed by atoms with E-state index in [1.165, 1.54) is 7.11 Å². The Labute approximate surface area is 89.4 Å². The van der Waals surface area contributed by atoms with Crippen LogP contribution in [-0.2, 0) is 16.0 Å². The van der Waals surface area contributed by atoms with E-state index in [4.69, 9.17) is 0 Å². The van der Waals surface area contributed by atoms with Crippen molar-refractivity contribution in [2.45, 2.75) is 6.42 Å². The normalized spacial score (nSPS) is 9.57. The van der Waals surface area contributed by atoms with Gasteiger partial charge in [-0.05, 0) is 22.9 Å². The van der Waals surface area contributed by atoms with Gasteiger partial charge in [-0.2, -0.15) is 0 Å². The van der Waals surface area contributed by atoms with Crippen molar-refractivity contribution < 1.29 is 9.53 Å². The Morgan fingerprint density at radius 3 is 2.86 bits per heavy atom. The van der Waals surface area contributed by atoms with E-state index in [1.807, 2.05) is 0 Å². The lowest BCUT2D eigenvalue weighted by molar-refractivity contribution is -0.139. The molecule has 1 aromatic carbocycles. The molecule has 0 aliphatic rings. The van der Waals surface area contributed by atoms with E-state index < -0.39 is 5.97 Å². The summed E-state index contributed by atoms with van der Waals surface area (Å²) in [5.41, 5.74) is 0.819. The highest BCUT2D eigenvalue weighted by Gasteiger charge is 2.08. The summed E-state index contributed by atoms with van der Waals surface area (Å²) >= 11 is 3.21. The highest BCUT2D eigenvalue weighted by atomic mass is 79.9. The van der Waals surface area contributed by atoms with Gasteiger partial charge < -0.3 is 4.74 Å². The molecule has 0 aliphatic heterocycles. The first-order valence-electron chi connectivity index (χ1n) is 3.86. The highest BCUT2D eigenvalue weighted by Crippen LogP contribution is 2.24. The molecule has 1 rings (SSSR count). The Bertz CT molecular complexity index is 365. The molecule has 0 heterocycles. The molecule has 0 bridgehead atoms. The van der Waals surface area contributed by atoms with Gasteiger partial charge in [0.25, 0.3) is 0 Å². The fourth-order valence-electron chi connectivity index (χ4n) is 0.999. The van der Waals surface area contributed by atoms with Crippen molar-refractivity contribution in [1.29, 1.82) is 0 Å². The van der Waals surface area contributed by atoms with E-state index in [1.54, 1.807) is 18.2 Å². The van der Waals surface area contributed by atoms with Crippen molar-refractivity contribution in [3.8, 4) is 0 Å². The molecule has 0 saturated heterocycles. The van der Waals surface area contributed by atoms with Gasteiger partial charge in [0.1, 0.15) is 5.69 Å². The third kappa shape index (κ3) is 2.63. The standard InChI is InChI=1S/C9H8BrNO3/c1-14-9(12)4-6-2-3-7(10)5-8(6)11-13/h2-3,5H,4H2,1H3. The average molecular weight is 258 g/mol. The van der Waals surface area contributed by atoms with E-state index >= 15 is 0 Å². The minimum atomic E-state index is -0.391. The van der Waals surface area contributed by atoms with Gasteiger partial charge >= 0.3 is 5.97 Å². The molecular formula is C9H8BrNO3. The summed E-state index contributed by atoms with van der Waals surface area (Å²) in [6.45, 7) is 0. The fourth-order valence-corrected chi connectivity index (χ4v) is 1.35. The molecule has 14 heavy (non-hydrogen) atoms. The molecule has 0 N–H and O–H groups in total. The smallest absolute Gasteiger partial charge is 0.310 e. The van der Waals surface area contributed by atoms with E-state index in [2.05, 4.69) is 25.8 Å². The predicted molar refractivity (Wildman–Crippen MR) is 55.3 cm³/mol. The number of carbonyl (C=O) groups excluding carboxylic acids is 1. The van der Waals surface area contributed by atoms with Crippen LogP contribution >= 0.6 is 15.9 Å². The van der Waals surface area contributed by atoms with Crippen molar-refractivity contribution >= 4 is 27.6 Å². The SMILES string of the molecule is COC(=O)Cc1ccc(Br)cc1N=O. The Hall–Kier alpha value is -1.23. The van der Waals surface area contributed by atoms with Gasteiger partial charge in [0.15, 0.2) is 0 Å². The number of methoxy groups -OCH3 is 1. The lowest BCUT2D eigenvalue weighted by atomic mass is 10.1. The van der Waals surface area contributed by atoms with E-state index in [9.17, 15) is 9.70 Å². The number of benzene rings is 1. The van der Waals surface area contributed by atoms with Crippen LogP contribution in [0.1, 0.15) is 5.56 Å². The van der Waals surface area contributed by atoms with Gasteiger partial charge in [0.2, 0.25) is 0 Å².